The Bertz CT molecular complexity index is 514. The van der Waals surface area contributed by atoms with Crippen molar-refractivity contribution in [3.8, 4) is 6.07 Å². The highest BCUT2D eigenvalue weighted by atomic mass is 19.1. The van der Waals surface area contributed by atoms with E-state index in [2.05, 4.69) is 5.32 Å². The van der Waals surface area contributed by atoms with Crippen LogP contribution in [-0.2, 0) is 6.54 Å². The van der Waals surface area contributed by atoms with E-state index in [0.717, 1.165) is 5.56 Å². The molecule has 0 atom stereocenters. The first-order valence-corrected chi connectivity index (χ1v) is 4.73. The van der Waals surface area contributed by atoms with E-state index in [1.807, 2.05) is 12.1 Å². The maximum atomic E-state index is 13.1. The summed E-state index contributed by atoms with van der Waals surface area (Å²) in [5, 5.41) is 11.7. The van der Waals surface area contributed by atoms with Crippen LogP contribution < -0.4 is 5.32 Å². The van der Waals surface area contributed by atoms with Gasteiger partial charge in [0.15, 0.2) is 0 Å². The lowest BCUT2D eigenvalue weighted by Crippen LogP contribution is -1.98. The Balaban J connectivity index is 2.10. The summed E-state index contributed by atoms with van der Waals surface area (Å²) in [6, 6.07) is 7.87. The van der Waals surface area contributed by atoms with Gasteiger partial charge in [-0.3, -0.25) is 0 Å². The quantitative estimate of drug-likeness (QED) is 0.858. The number of furan rings is 1. The average Bonchev–Trinajstić information content (AvgIpc) is 2.78. The van der Waals surface area contributed by atoms with Crippen molar-refractivity contribution in [1.29, 1.82) is 5.26 Å². The van der Waals surface area contributed by atoms with Gasteiger partial charge in [-0.15, -0.1) is 0 Å². The van der Waals surface area contributed by atoms with Crippen molar-refractivity contribution in [2.75, 3.05) is 5.32 Å². The van der Waals surface area contributed by atoms with E-state index in [-0.39, 0.29) is 0 Å². The zero-order chi connectivity index (χ0) is 11.4. The predicted molar refractivity (Wildman–Crippen MR) is 57.1 cm³/mol. The van der Waals surface area contributed by atoms with Crippen molar-refractivity contribution in [3.05, 3.63) is 53.7 Å². The SMILES string of the molecule is N#Cc1cc(F)cc(NCc2ccoc2)c1. The summed E-state index contributed by atoms with van der Waals surface area (Å²) in [5.74, 6) is -0.422. The third-order valence-corrected chi connectivity index (χ3v) is 2.10. The number of nitriles is 1. The maximum Gasteiger partial charge on any atom is 0.126 e. The number of nitrogens with one attached hydrogen (secondary N) is 1. The van der Waals surface area contributed by atoms with E-state index >= 15 is 0 Å². The topological polar surface area (TPSA) is 49.0 Å². The molecule has 0 saturated heterocycles. The minimum atomic E-state index is -0.422. The van der Waals surface area contributed by atoms with Crippen LogP contribution >= 0.6 is 0 Å². The molecular weight excluding hydrogens is 207 g/mol. The van der Waals surface area contributed by atoms with Crippen LogP contribution in [0.1, 0.15) is 11.1 Å². The fourth-order valence-corrected chi connectivity index (χ4v) is 1.35. The lowest BCUT2D eigenvalue weighted by Gasteiger charge is -2.05. The largest absolute Gasteiger partial charge is 0.472 e. The second kappa shape index (κ2) is 4.49. The van der Waals surface area contributed by atoms with Gasteiger partial charge in [-0.05, 0) is 24.3 Å². The van der Waals surface area contributed by atoms with Crippen LogP contribution in [0, 0.1) is 17.1 Å². The smallest absolute Gasteiger partial charge is 0.126 e. The third kappa shape index (κ3) is 2.39. The third-order valence-electron chi connectivity index (χ3n) is 2.10. The maximum absolute atomic E-state index is 13.1. The van der Waals surface area contributed by atoms with Crippen LogP contribution in [0.4, 0.5) is 10.1 Å². The Morgan fingerprint density at radius 3 is 2.94 bits per heavy atom. The normalized spacial score (nSPS) is 9.75. The minimum Gasteiger partial charge on any atom is -0.472 e. The molecule has 1 N–H and O–H groups in total. The predicted octanol–water partition coefficient (Wildman–Crippen LogP) is 2.90. The molecule has 4 heteroatoms. The van der Waals surface area contributed by atoms with Gasteiger partial charge in [-0.2, -0.15) is 5.26 Å². The summed E-state index contributed by atoms with van der Waals surface area (Å²) in [5.41, 5.74) is 1.84. The molecule has 0 bridgehead atoms. The lowest BCUT2D eigenvalue weighted by atomic mass is 10.2. The van der Waals surface area contributed by atoms with Crippen molar-refractivity contribution in [1.82, 2.24) is 0 Å². The first-order valence-electron chi connectivity index (χ1n) is 4.73. The fraction of sp³-hybridized carbons (Fsp3) is 0.0833. The van der Waals surface area contributed by atoms with E-state index in [4.69, 9.17) is 9.68 Å². The average molecular weight is 216 g/mol. The number of hydrogen-bond acceptors (Lipinski definition) is 3. The minimum absolute atomic E-state index is 0.301. The van der Waals surface area contributed by atoms with E-state index in [0.29, 0.717) is 17.8 Å². The van der Waals surface area contributed by atoms with Crippen molar-refractivity contribution in [2.24, 2.45) is 0 Å². The molecule has 0 saturated carbocycles. The molecule has 0 amide bonds. The van der Waals surface area contributed by atoms with Crippen molar-refractivity contribution in [2.45, 2.75) is 6.54 Å². The molecule has 0 radical (unpaired) electrons. The van der Waals surface area contributed by atoms with Gasteiger partial charge in [-0.25, -0.2) is 4.39 Å². The van der Waals surface area contributed by atoms with E-state index < -0.39 is 5.82 Å². The molecule has 80 valence electrons. The molecule has 0 aliphatic rings. The van der Waals surface area contributed by atoms with Crippen LogP contribution in [0.3, 0.4) is 0 Å². The fourth-order valence-electron chi connectivity index (χ4n) is 1.35. The standard InChI is InChI=1S/C12H9FN2O/c13-11-3-10(6-14)4-12(5-11)15-7-9-1-2-16-8-9/h1-5,8,15H,7H2. The second-order valence-electron chi connectivity index (χ2n) is 3.33. The van der Waals surface area contributed by atoms with Crippen LogP contribution in [0.5, 0.6) is 0 Å². The molecule has 16 heavy (non-hydrogen) atoms. The molecule has 2 aromatic rings. The van der Waals surface area contributed by atoms with E-state index in [1.54, 1.807) is 18.6 Å². The van der Waals surface area contributed by atoms with E-state index in [1.165, 1.54) is 12.1 Å². The van der Waals surface area contributed by atoms with Gasteiger partial charge in [0, 0.05) is 17.8 Å². The number of hydrogen-bond donors (Lipinski definition) is 1. The van der Waals surface area contributed by atoms with Gasteiger partial charge in [0.2, 0.25) is 0 Å². The molecule has 0 spiro atoms. The van der Waals surface area contributed by atoms with Gasteiger partial charge in [-0.1, -0.05) is 0 Å². The Labute approximate surface area is 92.1 Å². The molecule has 1 heterocycles. The Hall–Kier alpha value is -2.28. The molecular formula is C12H9FN2O. The summed E-state index contributed by atoms with van der Waals surface area (Å²) in [4.78, 5) is 0. The summed E-state index contributed by atoms with van der Waals surface area (Å²) < 4.78 is 18.0. The number of rotatable bonds is 3. The highest BCUT2D eigenvalue weighted by Crippen LogP contribution is 2.14. The van der Waals surface area contributed by atoms with Crippen molar-refractivity contribution in [3.63, 3.8) is 0 Å². The van der Waals surface area contributed by atoms with Gasteiger partial charge in [0.25, 0.3) is 0 Å². The molecule has 0 aliphatic heterocycles. The zero-order valence-corrected chi connectivity index (χ0v) is 8.40. The van der Waals surface area contributed by atoms with Gasteiger partial charge in [0.1, 0.15) is 5.82 Å². The van der Waals surface area contributed by atoms with E-state index in [9.17, 15) is 4.39 Å². The molecule has 1 aromatic heterocycles. The first kappa shape index (κ1) is 10.2. The van der Waals surface area contributed by atoms with Gasteiger partial charge >= 0.3 is 0 Å². The van der Waals surface area contributed by atoms with Crippen molar-refractivity contribution < 1.29 is 8.81 Å². The molecule has 0 aliphatic carbocycles. The second-order valence-corrected chi connectivity index (χ2v) is 3.33. The van der Waals surface area contributed by atoms with Crippen LogP contribution in [0.2, 0.25) is 0 Å². The zero-order valence-electron chi connectivity index (χ0n) is 8.40. The Kier molecular flexibility index (Phi) is 2.88. The highest BCUT2D eigenvalue weighted by Gasteiger charge is 2.00. The van der Waals surface area contributed by atoms with Crippen LogP contribution in [0.25, 0.3) is 0 Å². The van der Waals surface area contributed by atoms with Crippen LogP contribution in [-0.4, -0.2) is 0 Å². The monoisotopic (exact) mass is 216 g/mol. The molecule has 0 fully saturated rings. The number of benzene rings is 1. The first-order chi connectivity index (χ1) is 7.78. The number of anilines is 1. The molecule has 3 nitrogen and oxygen atoms in total. The van der Waals surface area contributed by atoms with Crippen molar-refractivity contribution >= 4 is 5.69 Å². The molecule has 2 rings (SSSR count). The Morgan fingerprint density at radius 1 is 1.38 bits per heavy atom. The number of halogens is 1. The summed E-state index contributed by atoms with van der Waals surface area (Å²) >= 11 is 0. The number of nitrogens with zero attached hydrogens (tertiary/aromatic N) is 1. The highest BCUT2D eigenvalue weighted by molar-refractivity contribution is 5.49. The molecule has 0 unspecified atom stereocenters. The summed E-state index contributed by atoms with van der Waals surface area (Å²) in [6.45, 7) is 0.533. The van der Waals surface area contributed by atoms with Crippen LogP contribution in [0.15, 0.2) is 41.2 Å². The van der Waals surface area contributed by atoms with Gasteiger partial charge < -0.3 is 9.73 Å². The summed E-state index contributed by atoms with van der Waals surface area (Å²) in [6.07, 6.45) is 3.18. The summed E-state index contributed by atoms with van der Waals surface area (Å²) in [7, 11) is 0. The Morgan fingerprint density at radius 2 is 2.25 bits per heavy atom. The van der Waals surface area contributed by atoms with Gasteiger partial charge in [0.05, 0.1) is 24.2 Å². The lowest BCUT2D eigenvalue weighted by molar-refractivity contribution is 0.564. The molecule has 1 aromatic carbocycles.